The Morgan fingerprint density at radius 1 is 1.06 bits per heavy atom. The van der Waals surface area contributed by atoms with E-state index in [1.165, 1.54) is 23.7 Å². The van der Waals surface area contributed by atoms with Crippen molar-refractivity contribution in [2.24, 2.45) is 0 Å². The van der Waals surface area contributed by atoms with Crippen LogP contribution in [0, 0.1) is 0 Å². The number of aliphatic carboxylic acids is 1. The van der Waals surface area contributed by atoms with Crippen molar-refractivity contribution in [1.82, 2.24) is 20.2 Å². The van der Waals surface area contributed by atoms with E-state index in [9.17, 15) is 19.5 Å². The number of aromatic nitrogens is 2. The first kappa shape index (κ1) is 22.6. The molecule has 1 aromatic heterocycles. The van der Waals surface area contributed by atoms with Gasteiger partial charge in [-0.15, -0.1) is 0 Å². The summed E-state index contributed by atoms with van der Waals surface area (Å²) in [6.07, 6.45) is 4.09. The van der Waals surface area contributed by atoms with Gasteiger partial charge in [0.05, 0.1) is 6.33 Å². The normalized spacial score (nSPS) is 15.4. The molecule has 2 aliphatic rings. The third kappa shape index (κ3) is 4.37. The second-order valence-electron chi connectivity index (χ2n) is 8.94. The van der Waals surface area contributed by atoms with Crippen molar-refractivity contribution in [2.45, 2.75) is 37.3 Å². The Labute approximate surface area is 202 Å². The van der Waals surface area contributed by atoms with E-state index in [0.717, 1.165) is 17.5 Å². The summed E-state index contributed by atoms with van der Waals surface area (Å²) in [5.41, 5.74) is 3.59. The Bertz CT molecular complexity index is 1230. The van der Waals surface area contributed by atoms with E-state index in [-0.39, 0.29) is 24.8 Å². The van der Waals surface area contributed by atoms with Crippen molar-refractivity contribution in [3.8, 4) is 11.1 Å². The van der Waals surface area contributed by atoms with Crippen molar-refractivity contribution in [3.63, 3.8) is 0 Å². The molecule has 0 radical (unpaired) electrons. The predicted molar refractivity (Wildman–Crippen MR) is 127 cm³/mol. The summed E-state index contributed by atoms with van der Waals surface area (Å²) < 4.78 is 7.18. The maximum atomic E-state index is 12.4. The molecule has 2 aromatic carbocycles. The van der Waals surface area contributed by atoms with Crippen molar-refractivity contribution in [3.05, 3.63) is 77.9 Å². The average Bonchev–Trinajstić information content (AvgIpc) is 3.43. The van der Waals surface area contributed by atoms with Gasteiger partial charge < -0.3 is 25.0 Å². The molecule has 0 unspecified atom stereocenters. The number of benzene rings is 2. The molecule has 35 heavy (non-hydrogen) atoms. The number of ether oxygens (including phenoxy) is 1. The van der Waals surface area contributed by atoms with Crippen LogP contribution >= 0.6 is 0 Å². The fourth-order valence-corrected chi connectivity index (χ4v) is 4.74. The van der Waals surface area contributed by atoms with Gasteiger partial charge in [0.1, 0.15) is 17.8 Å². The third-order valence-electron chi connectivity index (χ3n) is 6.82. The zero-order valence-corrected chi connectivity index (χ0v) is 19.1. The molecular formula is C26H26N4O5. The van der Waals surface area contributed by atoms with E-state index in [4.69, 9.17) is 4.74 Å². The molecule has 0 aliphatic heterocycles. The summed E-state index contributed by atoms with van der Waals surface area (Å²) in [4.78, 5) is 40.2. The van der Waals surface area contributed by atoms with Crippen LogP contribution in [0.25, 0.3) is 11.1 Å². The van der Waals surface area contributed by atoms with Crippen LogP contribution in [0.1, 0.15) is 46.8 Å². The fourth-order valence-electron chi connectivity index (χ4n) is 4.74. The Balaban J connectivity index is 1.11. The topological polar surface area (TPSA) is 123 Å². The number of hydrogen-bond acceptors (Lipinski definition) is 5. The largest absolute Gasteiger partial charge is 0.480 e. The first-order chi connectivity index (χ1) is 17.0. The molecular weight excluding hydrogens is 448 g/mol. The van der Waals surface area contributed by atoms with Gasteiger partial charge in [0.15, 0.2) is 0 Å². The van der Waals surface area contributed by atoms with Crippen LogP contribution in [0.3, 0.4) is 0 Å². The highest BCUT2D eigenvalue weighted by Crippen LogP contribution is 2.44. The summed E-state index contributed by atoms with van der Waals surface area (Å²) in [6.45, 7) is 0.905. The number of rotatable bonds is 8. The number of amides is 2. The maximum Gasteiger partial charge on any atom is 0.407 e. The monoisotopic (exact) mass is 474 g/mol. The lowest BCUT2D eigenvalue weighted by Gasteiger charge is -2.37. The Kier molecular flexibility index (Phi) is 5.98. The van der Waals surface area contributed by atoms with Crippen molar-refractivity contribution in [2.75, 3.05) is 13.2 Å². The molecule has 0 atom stereocenters. The first-order valence-corrected chi connectivity index (χ1v) is 11.6. The molecule has 1 heterocycles. The van der Waals surface area contributed by atoms with E-state index < -0.39 is 23.5 Å². The van der Waals surface area contributed by atoms with Gasteiger partial charge in [-0.05, 0) is 41.5 Å². The molecule has 0 saturated heterocycles. The van der Waals surface area contributed by atoms with E-state index in [2.05, 4.69) is 39.9 Å². The van der Waals surface area contributed by atoms with Gasteiger partial charge >= 0.3 is 12.1 Å². The molecule has 1 fully saturated rings. The predicted octanol–water partition coefficient (Wildman–Crippen LogP) is 3.16. The second kappa shape index (κ2) is 9.25. The maximum absolute atomic E-state index is 12.4. The molecule has 0 bridgehead atoms. The van der Waals surface area contributed by atoms with E-state index in [0.29, 0.717) is 19.4 Å². The van der Waals surface area contributed by atoms with Crippen LogP contribution in [-0.4, -0.2) is 51.3 Å². The molecule has 1 saturated carbocycles. The summed E-state index contributed by atoms with van der Waals surface area (Å²) in [5.74, 6) is -1.55. The molecule has 180 valence electrons. The summed E-state index contributed by atoms with van der Waals surface area (Å²) in [7, 11) is 0. The van der Waals surface area contributed by atoms with Gasteiger partial charge in [0, 0.05) is 25.2 Å². The van der Waals surface area contributed by atoms with E-state index in [1.54, 1.807) is 4.57 Å². The summed E-state index contributed by atoms with van der Waals surface area (Å²) in [5, 5.41) is 14.7. The van der Waals surface area contributed by atoms with Crippen molar-refractivity contribution >= 4 is 18.0 Å². The molecule has 0 spiro atoms. The number of hydrogen-bond donors (Lipinski definition) is 3. The molecule has 2 amide bonds. The third-order valence-corrected chi connectivity index (χ3v) is 6.82. The highest BCUT2D eigenvalue weighted by atomic mass is 16.5. The lowest BCUT2D eigenvalue weighted by Crippen LogP contribution is -2.59. The van der Waals surface area contributed by atoms with Crippen LogP contribution in [0.15, 0.2) is 61.1 Å². The first-order valence-electron chi connectivity index (χ1n) is 11.6. The van der Waals surface area contributed by atoms with Crippen LogP contribution in [-0.2, 0) is 16.1 Å². The quantitative estimate of drug-likeness (QED) is 0.461. The van der Waals surface area contributed by atoms with Crippen molar-refractivity contribution < 1.29 is 24.2 Å². The van der Waals surface area contributed by atoms with Crippen LogP contribution < -0.4 is 10.6 Å². The minimum absolute atomic E-state index is 0.00682. The number of fused-ring (bicyclic) bond motifs is 3. The van der Waals surface area contributed by atoms with Gasteiger partial charge in [0.25, 0.3) is 5.91 Å². The number of carboxylic acids is 1. The van der Waals surface area contributed by atoms with Crippen molar-refractivity contribution in [1.29, 1.82) is 0 Å². The lowest BCUT2D eigenvalue weighted by molar-refractivity contribution is -0.148. The average molecular weight is 475 g/mol. The molecule has 3 aromatic rings. The molecule has 3 N–H and O–H groups in total. The molecule has 5 rings (SSSR count). The van der Waals surface area contributed by atoms with Crippen LogP contribution in [0.5, 0.6) is 0 Å². The zero-order valence-electron chi connectivity index (χ0n) is 19.1. The van der Waals surface area contributed by atoms with Gasteiger partial charge in [-0.2, -0.15) is 0 Å². The van der Waals surface area contributed by atoms with Gasteiger partial charge in [0.2, 0.25) is 0 Å². The second-order valence-corrected chi connectivity index (χ2v) is 8.94. The molecule has 9 nitrogen and oxygen atoms in total. The Morgan fingerprint density at radius 3 is 2.31 bits per heavy atom. The standard InChI is InChI=1S/C26H26N4O5/c31-23(29-26(24(32)33)10-5-11-26)22-14-30(16-28-22)13-12-27-25(34)35-15-21-19-8-3-1-6-17(19)18-7-2-4-9-20(18)21/h1-4,6-9,14,16,21H,5,10-13,15H2,(H,27,34)(H,29,31)(H,32,33). The van der Waals surface area contributed by atoms with Crippen LogP contribution in [0.4, 0.5) is 4.79 Å². The fraction of sp³-hybridized carbons (Fsp3) is 0.308. The summed E-state index contributed by atoms with van der Waals surface area (Å²) >= 11 is 0. The van der Waals surface area contributed by atoms with Crippen LogP contribution in [0.2, 0.25) is 0 Å². The number of imidazole rings is 1. The van der Waals surface area contributed by atoms with Gasteiger partial charge in [-0.25, -0.2) is 14.6 Å². The Hall–Kier alpha value is -4.14. The number of carboxylic acid groups (broad SMARTS) is 1. The SMILES string of the molecule is O=C(NCCn1cnc(C(=O)NC2(C(=O)O)CCC2)c1)OCC1c2ccccc2-c2ccccc21. The zero-order chi connectivity index (χ0) is 24.4. The minimum Gasteiger partial charge on any atom is -0.480 e. The van der Waals surface area contributed by atoms with Gasteiger partial charge in [-0.1, -0.05) is 48.5 Å². The number of carbonyl (C=O) groups excluding carboxylic acids is 2. The number of carbonyl (C=O) groups is 3. The molecule has 2 aliphatic carbocycles. The Morgan fingerprint density at radius 2 is 1.71 bits per heavy atom. The smallest absolute Gasteiger partial charge is 0.407 e. The molecule has 9 heteroatoms. The number of alkyl carbamates (subject to hydrolysis) is 1. The number of nitrogens with one attached hydrogen (secondary N) is 2. The highest BCUT2D eigenvalue weighted by molar-refractivity contribution is 5.96. The minimum atomic E-state index is -1.19. The van der Waals surface area contributed by atoms with E-state index in [1.807, 2.05) is 24.3 Å². The number of nitrogens with zero attached hydrogens (tertiary/aromatic N) is 2. The summed E-state index contributed by atoms with van der Waals surface area (Å²) in [6, 6.07) is 16.3. The highest BCUT2D eigenvalue weighted by Gasteiger charge is 2.46. The lowest BCUT2D eigenvalue weighted by atomic mass is 9.76. The van der Waals surface area contributed by atoms with E-state index >= 15 is 0 Å². The van der Waals surface area contributed by atoms with Gasteiger partial charge in [-0.3, -0.25) is 4.79 Å².